The number of hydrogen-bond donors (Lipinski definition) is 0. The fraction of sp³-hybridized carbons (Fsp3) is 0. The van der Waals surface area contributed by atoms with Crippen LogP contribution in [0.15, 0.2) is 45.3 Å². The molecule has 2 aromatic carbocycles. The van der Waals surface area contributed by atoms with Gasteiger partial charge < -0.3 is 0 Å². The molecular weight excluding hydrogens is 424 g/mol. The standard InChI is InChI=1S/C13H6Br2N2O5/c14-10-4-2-8(16(19)20)6-9(10)13(18)7-1-3-11(15)12(5-7)17(21)22/h1-6H. The van der Waals surface area contributed by atoms with Crippen LogP contribution in [0.5, 0.6) is 0 Å². The van der Waals surface area contributed by atoms with Crippen molar-refractivity contribution in [3.8, 4) is 0 Å². The fourth-order valence-electron chi connectivity index (χ4n) is 1.75. The van der Waals surface area contributed by atoms with Crippen LogP contribution in [0.3, 0.4) is 0 Å². The van der Waals surface area contributed by atoms with Gasteiger partial charge in [-0.05, 0) is 34.1 Å². The molecule has 0 N–H and O–H groups in total. The van der Waals surface area contributed by atoms with Crippen LogP contribution in [0.2, 0.25) is 0 Å². The van der Waals surface area contributed by atoms with E-state index in [1.165, 1.54) is 24.3 Å². The van der Waals surface area contributed by atoms with Gasteiger partial charge in [0.05, 0.1) is 14.3 Å². The summed E-state index contributed by atoms with van der Waals surface area (Å²) in [6.07, 6.45) is 0. The molecule has 0 saturated carbocycles. The Morgan fingerprint density at radius 1 is 0.909 bits per heavy atom. The number of halogens is 2. The molecule has 0 aliphatic rings. The highest BCUT2D eigenvalue weighted by Gasteiger charge is 2.20. The molecule has 9 heteroatoms. The van der Waals surface area contributed by atoms with E-state index in [1.807, 2.05) is 0 Å². The number of carbonyl (C=O) groups is 1. The van der Waals surface area contributed by atoms with Crippen molar-refractivity contribution in [3.05, 3.63) is 76.7 Å². The summed E-state index contributed by atoms with van der Waals surface area (Å²) in [6.45, 7) is 0. The Morgan fingerprint density at radius 3 is 2.14 bits per heavy atom. The molecule has 0 aliphatic carbocycles. The predicted octanol–water partition coefficient (Wildman–Crippen LogP) is 4.26. The van der Waals surface area contributed by atoms with Crippen LogP contribution >= 0.6 is 31.9 Å². The number of ketones is 1. The molecule has 0 amide bonds. The summed E-state index contributed by atoms with van der Waals surface area (Å²) in [5.41, 5.74) is -0.368. The van der Waals surface area contributed by atoms with E-state index < -0.39 is 15.6 Å². The van der Waals surface area contributed by atoms with E-state index in [2.05, 4.69) is 31.9 Å². The van der Waals surface area contributed by atoms with Crippen LogP contribution in [-0.2, 0) is 0 Å². The van der Waals surface area contributed by atoms with Gasteiger partial charge in [-0.15, -0.1) is 0 Å². The largest absolute Gasteiger partial charge is 0.289 e. The van der Waals surface area contributed by atoms with Gasteiger partial charge in [-0.3, -0.25) is 25.0 Å². The average molecular weight is 430 g/mol. The third kappa shape index (κ3) is 3.20. The first-order valence-corrected chi connectivity index (χ1v) is 7.32. The van der Waals surface area contributed by atoms with Crippen molar-refractivity contribution in [2.24, 2.45) is 0 Å². The lowest BCUT2D eigenvalue weighted by Gasteiger charge is -2.05. The van der Waals surface area contributed by atoms with Gasteiger partial charge in [-0.1, -0.05) is 15.9 Å². The molecule has 0 heterocycles. The molecule has 7 nitrogen and oxygen atoms in total. The maximum absolute atomic E-state index is 12.4. The highest BCUT2D eigenvalue weighted by atomic mass is 79.9. The molecule has 0 radical (unpaired) electrons. The van der Waals surface area contributed by atoms with Crippen molar-refractivity contribution in [1.82, 2.24) is 0 Å². The Bertz CT molecular complexity index is 807. The van der Waals surface area contributed by atoms with Gasteiger partial charge in [-0.25, -0.2) is 0 Å². The molecule has 0 fully saturated rings. The number of nitro groups is 2. The van der Waals surface area contributed by atoms with Crippen LogP contribution in [0, 0.1) is 20.2 Å². The molecule has 22 heavy (non-hydrogen) atoms. The summed E-state index contributed by atoms with van der Waals surface area (Å²) in [5, 5.41) is 21.7. The van der Waals surface area contributed by atoms with E-state index in [1.54, 1.807) is 0 Å². The second kappa shape index (κ2) is 6.32. The Morgan fingerprint density at radius 2 is 1.55 bits per heavy atom. The Balaban J connectivity index is 2.53. The third-order valence-corrected chi connectivity index (χ3v) is 4.17. The van der Waals surface area contributed by atoms with Gasteiger partial charge in [0.2, 0.25) is 0 Å². The summed E-state index contributed by atoms with van der Waals surface area (Å²) >= 11 is 6.18. The Kier molecular flexibility index (Phi) is 4.67. The van der Waals surface area contributed by atoms with E-state index in [4.69, 9.17) is 0 Å². The minimum atomic E-state index is -0.622. The highest BCUT2D eigenvalue weighted by Crippen LogP contribution is 2.29. The van der Waals surface area contributed by atoms with E-state index in [0.717, 1.165) is 12.1 Å². The first kappa shape index (κ1) is 16.2. The first-order chi connectivity index (χ1) is 10.3. The summed E-state index contributed by atoms with van der Waals surface area (Å²) in [4.78, 5) is 32.9. The maximum Gasteiger partial charge on any atom is 0.284 e. The van der Waals surface area contributed by atoms with E-state index >= 15 is 0 Å². The lowest BCUT2D eigenvalue weighted by atomic mass is 10.0. The number of carbonyl (C=O) groups excluding carboxylic acids is 1. The monoisotopic (exact) mass is 428 g/mol. The fourth-order valence-corrected chi connectivity index (χ4v) is 2.57. The van der Waals surface area contributed by atoms with Crippen molar-refractivity contribution in [2.75, 3.05) is 0 Å². The zero-order valence-corrected chi connectivity index (χ0v) is 13.8. The van der Waals surface area contributed by atoms with Crippen LogP contribution in [0.1, 0.15) is 15.9 Å². The first-order valence-electron chi connectivity index (χ1n) is 5.74. The van der Waals surface area contributed by atoms with Crippen LogP contribution < -0.4 is 0 Å². The van der Waals surface area contributed by atoms with Crippen molar-refractivity contribution < 1.29 is 14.6 Å². The second-order valence-corrected chi connectivity index (χ2v) is 5.88. The lowest BCUT2D eigenvalue weighted by Crippen LogP contribution is -2.04. The van der Waals surface area contributed by atoms with Crippen LogP contribution in [-0.4, -0.2) is 15.6 Å². The molecule has 0 aliphatic heterocycles. The lowest BCUT2D eigenvalue weighted by molar-refractivity contribution is -0.385. The molecule has 0 unspecified atom stereocenters. The third-order valence-electron chi connectivity index (χ3n) is 2.81. The molecule has 0 bridgehead atoms. The Hall–Kier alpha value is -2.13. The van der Waals surface area contributed by atoms with Crippen molar-refractivity contribution in [3.63, 3.8) is 0 Å². The van der Waals surface area contributed by atoms with Crippen molar-refractivity contribution in [2.45, 2.75) is 0 Å². The summed E-state index contributed by atoms with van der Waals surface area (Å²) in [7, 11) is 0. The molecular formula is C13H6Br2N2O5. The predicted molar refractivity (Wildman–Crippen MR) is 85.0 cm³/mol. The van der Waals surface area contributed by atoms with Gasteiger partial charge in [0, 0.05) is 33.8 Å². The SMILES string of the molecule is O=C(c1ccc(Br)c([N+](=O)[O-])c1)c1cc([N+](=O)[O-])ccc1Br. The zero-order chi connectivity index (χ0) is 16.4. The molecule has 0 aromatic heterocycles. The van der Waals surface area contributed by atoms with Crippen LogP contribution in [0.4, 0.5) is 11.4 Å². The normalized spacial score (nSPS) is 10.3. The smallest absolute Gasteiger partial charge is 0.284 e. The number of rotatable bonds is 4. The number of hydrogen-bond acceptors (Lipinski definition) is 5. The topological polar surface area (TPSA) is 103 Å². The molecule has 2 rings (SSSR count). The average Bonchev–Trinajstić information content (AvgIpc) is 2.47. The number of non-ortho nitro benzene ring substituents is 1. The van der Waals surface area contributed by atoms with Gasteiger partial charge in [-0.2, -0.15) is 0 Å². The maximum atomic E-state index is 12.4. The molecule has 112 valence electrons. The van der Waals surface area contributed by atoms with Crippen molar-refractivity contribution >= 4 is 49.0 Å². The van der Waals surface area contributed by atoms with Crippen molar-refractivity contribution in [1.29, 1.82) is 0 Å². The zero-order valence-electron chi connectivity index (χ0n) is 10.7. The molecule has 2 aromatic rings. The highest BCUT2D eigenvalue weighted by molar-refractivity contribution is 9.11. The number of benzene rings is 2. The summed E-state index contributed by atoms with van der Waals surface area (Å²) in [6, 6.07) is 7.68. The molecule has 0 atom stereocenters. The Labute approximate surface area is 140 Å². The van der Waals surface area contributed by atoms with Gasteiger partial charge in [0.15, 0.2) is 5.78 Å². The minimum absolute atomic E-state index is 0.0609. The number of nitrogens with zero attached hydrogens (tertiary/aromatic N) is 2. The summed E-state index contributed by atoms with van der Waals surface area (Å²) in [5.74, 6) is -0.550. The van der Waals surface area contributed by atoms with E-state index in [0.29, 0.717) is 4.47 Å². The van der Waals surface area contributed by atoms with E-state index in [-0.39, 0.29) is 27.0 Å². The van der Waals surface area contributed by atoms with E-state index in [9.17, 15) is 25.0 Å². The summed E-state index contributed by atoms with van der Waals surface area (Å²) < 4.78 is 0.612. The van der Waals surface area contributed by atoms with Crippen LogP contribution in [0.25, 0.3) is 0 Å². The molecule has 0 spiro atoms. The second-order valence-electron chi connectivity index (χ2n) is 4.17. The van der Waals surface area contributed by atoms with Gasteiger partial charge >= 0.3 is 0 Å². The number of nitro benzene ring substituents is 2. The van der Waals surface area contributed by atoms with Gasteiger partial charge in [0.25, 0.3) is 11.4 Å². The molecule has 0 saturated heterocycles. The van der Waals surface area contributed by atoms with Gasteiger partial charge in [0.1, 0.15) is 0 Å². The minimum Gasteiger partial charge on any atom is -0.289 e. The quantitative estimate of drug-likeness (QED) is 0.410.